The van der Waals surface area contributed by atoms with Crippen molar-refractivity contribution < 1.29 is 14.3 Å². The highest BCUT2D eigenvalue weighted by Gasteiger charge is 2.16. The van der Waals surface area contributed by atoms with Gasteiger partial charge in [-0.1, -0.05) is 6.07 Å². The van der Waals surface area contributed by atoms with Crippen LogP contribution in [0.3, 0.4) is 0 Å². The Labute approximate surface area is 149 Å². The zero-order chi connectivity index (χ0) is 18.6. The molecule has 0 unspecified atom stereocenters. The molecule has 9 heteroatoms. The molecule has 0 aliphatic heterocycles. The van der Waals surface area contributed by atoms with Gasteiger partial charge in [-0.15, -0.1) is 0 Å². The van der Waals surface area contributed by atoms with Crippen molar-refractivity contribution in [3.63, 3.8) is 0 Å². The number of H-pyrrole nitrogens is 1. The predicted octanol–water partition coefficient (Wildman–Crippen LogP) is 3.40. The fourth-order valence-electron chi connectivity index (χ4n) is 2.03. The highest BCUT2D eigenvalue weighted by molar-refractivity contribution is 5.85. The molecule has 0 saturated heterocycles. The molecule has 0 radical (unpaired) electrons. The van der Waals surface area contributed by atoms with E-state index in [1.54, 1.807) is 51.1 Å². The summed E-state index contributed by atoms with van der Waals surface area (Å²) in [6.07, 6.45) is 2.23. The van der Waals surface area contributed by atoms with E-state index < -0.39 is 11.7 Å². The fourth-order valence-corrected chi connectivity index (χ4v) is 2.03. The van der Waals surface area contributed by atoms with Gasteiger partial charge in [0.2, 0.25) is 5.88 Å². The molecule has 1 amide bonds. The molecule has 0 aliphatic carbocycles. The Hall–Kier alpha value is -3.49. The topological polar surface area (TPSA) is 115 Å². The predicted molar refractivity (Wildman–Crippen MR) is 93.8 cm³/mol. The molecule has 0 saturated carbocycles. The SMILES string of the molecule is CC(C)(C)OC(=O)Nc1cccc(Oc2cc(-c3ncn[nH]3)ncn2)c1. The van der Waals surface area contributed by atoms with Crippen LogP contribution in [-0.2, 0) is 4.74 Å². The van der Waals surface area contributed by atoms with Crippen LogP contribution in [0.15, 0.2) is 43.0 Å². The minimum Gasteiger partial charge on any atom is -0.444 e. The first kappa shape index (κ1) is 17.3. The molecule has 0 aliphatic rings. The average molecular weight is 354 g/mol. The summed E-state index contributed by atoms with van der Waals surface area (Å²) in [5.41, 5.74) is 0.521. The van der Waals surface area contributed by atoms with Gasteiger partial charge in [-0.3, -0.25) is 10.4 Å². The summed E-state index contributed by atoms with van der Waals surface area (Å²) in [7, 11) is 0. The molecule has 1 aromatic carbocycles. The van der Waals surface area contributed by atoms with E-state index in [1.165, 1.54) is 12.7 Å². The van der Waals surface area contributed by atoms with E-state index in [0.717, 1.165) is 0 Å². The molecule has 3 rings (SSSR count). The minimum absolute atomic E-state index is 0.334. The number of benzene rings is 1. The summed E-state index contributed by atoms with van der Waals surface area (Å²) in [4.78, 5) is 24.1. The molecule has 0 fully saturated rings. The van der Waals surface area contributed by atoms with E-state index in [-0.39, 0.29) is 0 Å². The number of rotatable bonds is 4. The maximum absolute atomic E-state index is 11.9. The summed E-state index contributed by atoms with van der Waals surface area (Å²) in [5, 5.41) is 9.17. The number of anilines is 1. The van der Waals surface area contributed by atoms with E-state index in [4.69, 9.17) is 9.47 Å². The first-order valence-corrected chi connectivity index (χ1v) is 7.85. The van der Waals surface area contributed by atoms with Crippen molar-refractivity contribution in [2.45, 2.75) is 26.4 Å². The lowest BCUT2D eigenvalue weighted by Crippen LogP contribution is -2.27. The van der Waals surface area contributed by atoms with Gasteiger partial charge in [-0.05, 0) is 32.9 Å². The number of carbonyl (C=O) groups is 1. The van der Waals surface area contributed by atoms with E-state index in [9.17, 15) is 4.79 Å². The smallest absolute Gasteiger partial charge is 0.412 e. The normalized spacial score (nSPS) is 11.0. The molecule has 26 heavy (non-hydrogen) atoms. The molecule has 2 aromatic heterocycles. The summed E-state index contributed by atoms with van der Waals surface area (Å²) >= 11 is 0. The van der Waals surface area contributed by atoms with Crippen LogP contribution in [-0.4, -0.2) is 36.8 Å². The van der Waals surface area contributed by atoms with Gasteiger partial charge in [0.25, 0.3) is 0 Å². The lowest BCUT2D eigenvalue weighted by molar-refractivity contribution is 0.0636. The van der Waals surface area contributed by atoms with Crippen molar-refractivity contribution in [1.82, 2.24) is 25.1 Å². The van der Waals surface area contributed by atoms with Crippen LogP contribution in [0.5, 0.6) is 11.6 Å². The second-order valence-corrected chi connectivity index (χ2v) is 6.33. The molecular formula is C17H18N6O3. The summed E-state index contributed by atoms with van der Waals surface area (Å²) < 4.78 is 11.0. The third-order valence-corrected chi connectivity index (χ3v) is 3.00. The second kappa shape index (κ2) is 7.18. The van der Waals surface area contributed by atoms with Crippen LogP contribution in [0.25, 0.3) is 11.5 Å². The molecule has 3 aromatic rings. The number of aromatic amines is 1. The maximum atomic E-state index is 11.9. The third-order valence-electron chi connectivity index (χ3n) is 3.00. The number of ether oxygens (including phenoxy) is 2. The van der Waals surface area contributed by atoms with E-state index in [1.807, 2.05) is 0 Å². The van der Waals surface area contributed by atoms with Gasteiger partial charge in [0, 0.05) is 17.8 Å². The van der Waals surface area contributed by atoms with Gasteiger partial charge in [0.15, 0.2) is 5.82 Å². The summed E-state index contributed by atoms with van der Waals surface area (Å²) in [6, 6.07) is 8.53. The van der Waals surface area contributed by atoms with Crippen molar-refractivity contribution >= 4 is 11.8 Å². The van der Waals surface area contributed by atoms with Gasteiger partial charge in [0.05, 0.1) is 0 Å². The summed E-state index contributed by atoms with van der Waals surface area (Å²) in [5.74, 6) is 1.35. The molecular weight excluding hydrogens is 336 g/mol. The van der Waals surface area contributed by atoms with Crippen LogP contribution < -0.4 is 10.1 Å². The number of nitrogens with zero attached hydrogens (tertiary/aromatic N) is 4. The van der Waals surface area contributed by atoms with Gasteiger partial charge in [-0.25, -0.2) is 19.7 Å². The van der Waals surface area contributed by atoms with E-state index in [2.05, 4.69) is 30.5 Å². The Morgan fingerprint density at radius 3 is 2.69 bits per heavy atom. The standard InChI is InChI=1S/C17H18N6O3/c1-17(2,3)26-16(24)22-11-5-4-6-12(7-11)25-14-8-13(18-9-19-14)15-20-10-21-23-15/h4-10H,1-3H3,(H,22,24)(H,20,21,23). The van der Waals surface area contributed by atoms with Crippen LogP contribution in [0.1, 0.15) is 20.8 Å². The Bertz CT molecular complexity index is 890. The highest BCUT2D eigenvalue weighted by Crippen LogP contribution is 2.24. The monoisotopic (exact) mass is 354 g/mol. The van der Waals surface area contributed by atoms with Gasteiger partial charge < -0.3 is 9.47 Å². The zero-order valence-corrected chi connectivity index (χ0v) is 14.6. The maximum Gasteiger partial charge on any atom is 0.412 e. The zero-order valence-electron chi connectivity index (χ0n) is 14.6. The Morgan fingerprint density at radius 2 is 1.96 bits per heavy atom. The quantitative estimate of drug-likeness (QED) is 0.737. The average Bonchev–Trinajstić information content (AvgIpc) is 3.08. The Balaban J connectivity index is 1.71. The number of amides is 1. The number of carbonyl (C=O) groups excluding carboxylic acids is 1. The Kier molecular flexibility index (Phi) is 4.78. The molecule has 134 valence electrons. The van der Waals surface area contributed by atoms with Crippen LogP contribution in [0.2, 0.25) is 0 Å². The number of hydrogen-bond acceptors (Lipinski definition) is 7. The lowest BCUT2D eigenvalue weighted by atomic mass is 10.2. The first-order valence-electron chi connectivity index (χ1n) is 7.85. The number of aromatic nitrogens is 5. The van der Waals surface area contributed by atoms with Crippen molar-refractivity contribution in [1.29, 1.82) is 0 Å². The lowest BCUT2D eigenvalue weighted by Gasteiger charge is -2.19. The fraction of sp³-hybridized carbons (Fsp3) is 0.235. The number of nitrogens with one attached hydrogen (secondary N) is 2. The molecule has 0 bridgehead atoms. The highest BCUT2D eigenvalue weighted by atomic mass is 16.6. The molecule has 0 spiro atoms. The van der Waals surface area contributed by atoms with Crippen LogP contribution in [0.4, 0.5) is 10.5 Å². The third kappa shape index (κ3) is 4.76. The largest absolute Gasteiger partial charge is 0.444 e. The van der Waals surface area contributed by atoms with Crippen molar-refractivity contribution in [3.05, 3.63) is 43.0 Å². The van der Waals surface area contributed by atoms with E-state index >= 15 is 0 Å². The second-order valence-electron chi connectivity index (χ2n) is 6.33. The molecule has 9 nitrogen and oxygen atoms in total. The van der Waals surface area contributed by atoms with Crippen molar-refractivity contribution in [2.75, 3.05) is 5.32 Å². The molecule has 2 heterocycles. The van der Waals surface area contributed by atoms with Crippen molar-refractivity contribution in [2.24, 2.45) is 0 Å². The molecule has 2 N–H and O–H groups in total. The van der Waals surface area contributed by atoms with E-state index in [0.29, 0.717) is 28.8 Å². The number of hydrogen-bond donors (Lipinski definition) is 2. The molecule has 0 atom stereocenters. The summed E-state index contributed by atoms with van der Waals surface area (Å²) in [6.45, 7) is 5.40. The van der Waals surface area contributed by atoms with Crippen LogP contribution >= 0.6 is 0 Å². The Morgan fingerprint density at radius 1 is 1.12 bits per heavy atom. The van der Waals surface area contributed by atoms with Gasteiger partial charge in [0.1, 0.15) is 29.7 Å². The van der Waals surface area contributed by atoms with Crippen molar-refractivity contribution in [3.8, 4) is 23.1 Å². The van der Waals surface area contributed by atoms with Crippen LogP contribution in [0, 0.1) is 0 Å². The van der Waals surface area contributed by atoms with Gasteiger partial charge >= 0.3 is 6.09 Å². The minimum atomic E-state index is -0.573. The first-order chi connectivity index (χ1) is 12.4. The van der Waals surface area contributed by atoms with Gasteiger partial charge in [-0.2, -0.15) is 5.10 Å².